The zero-order valence-corrected chi connectivity index (χ0v) is 6.75. The normalized spacial score (nSPS) is 7.91. The van der Waals surface area contributed by atoms with E-state index < -0.39 is 0 Å². The number of carbonyl (C=O) groups is 1. The monoisotopic (exact) mass is 157 g/mol. The summed E-state index contributed by atoms with van der Waals surface area (Å²) in [6.45, 7) is 5.37. The van der Waals surface area contributed by atoms with Gasteiger partial charge in [-0.15, -0.1) is 5.10 Å². The highest BCUT2D eigenvalue weighted by Crippen LogP contribution is 1.87. The maximum Gasteiger partial charge on any atom is 0.269 e. The van der Waals surface area contributed by atoms with Gasteiger partial charge in [0.2, 0.25) is 5.91 Å². The molecule has 1 heterocycles. The highest BCUT2D eigenvalue weighted by Gasteiger charge is 1.96. The number of nitrogens with one attached hydrogen (secondary N) is 2. The summed E-state index contributed by atoms with van der Waals surface area (Å²) in [6.07, 6.45) is 0. The first-order valence-corrected chi connectivity index (χ1v) is 3.30. The van der Waals surface area contributed by atoms with Crippen LogP contribution in [0.4, 0.5) is 5.95 Å². The molecule has 0 bridgehead atoms. The van der Waals surface area contributed by atoms with Gasteiger partial charge >= 0.3 is 0 Å². The average molecular weight is 157 g/mol. The van der Waals surface area contributed by atoms with E-state index in [1.165, 1.54) is 6.92 Å². The van der Waals surface area contributed by atoms with E-state index in [0.717, 1.165) is 0 Å². The van der Waals surface area contributed by atoms with Gasteiger partial charge in [-0.2, -0.15) is 5.21 Å². The fourth-order valence-corrected chi connectivity index (χ4v) is 0.372. The predicted molar refractivity (Wildman–Crippen MR) is 39.8 cm³/mol. The quantitative estimate of drug-likeness (QED) is 0.609. The number of carbonyl (C=O) groups excluding carboxylic acids is 1. The van der Waals surface area contributed by atoms with E-state index in [1.54, 1.807) is 0 Å². The fourth-order valence-electron chi connectivity index (χ4n) is 0.372. The molecule has 1 aromatic rings. The standard InChI is InChI=1S/C3H5N5O.C2H6/c1-2(9)4-3-5-7-8-6-3;1-2/h1H3,(H2,4,5,6,7,8,9);1-2H3. The predicted octanol–water partition coefficient (Wildman–Crippen LogP) is 0.184. The molecule has 2 N–H and O–H groups in total. The highest BCUT2D eigenvalue weighted by molar-refractivity contribution is 5.86. The molecule has 0 atom stereocenters. The summed E-state index contributed by atoms with van der Waals surface area (Å²) in [4.78, 5) is 10.3. The lowest BCUT2D eigenvalue weighted by molar-refractivity contribution is -0.114. The van der Waals surface area contributed by atoms with Crippen LogP contribution < -0.4 is 5.32 Å². The molecule has 0 aromatic carbocycles. The van der Waals surface area contributed by atoms with Crippen LogP contribution in [-0.2, 0) is 4.79 Å². The second kappa shape index (κ2) is 5.33. The molecule has 11 heavy (non-hydrogen) atoms. The lowest BCUT2D eigenvalue weighted by atomic mass is 10.7. The summed E-state index contributed by atoms with van der Waals surface area (Å²) in [5.41, 5.74) is 0. The SMILES string of the molecule is CC.CC(=O)Nc1nn[nH]n1. The Hall–Kier alpha value is -1.46. The number of rotatable bonds is 1. The zero-order valence-electron chi connectivity index (χ0n) is 6.75. The van der Waals surface area contributed by atoms with Crippen LogP contribution in [0, 0.1) is 0 Å². The highest BCUT2D eigenvalue weighted by atomic mass is 16.1. The molecule has 0 aliphatic rings. The van der Waals surface area contributed by atoms with E-state index in [-0.39, 0.29) is 11.9 Å². The molecule has 6 heteroatoms. The first kappa shape index (κ1) is 9.54. The molecule has 0 radical (unpaired) electrons. The Bertz CT molecular complexity index is 195. The molecule has 0 saturated heterocycles. The van der Waals surface area contributed by atoms with Gasteiger partial charge in [0, 0.05) is 6.92 Å². The van der Waals surface area contributed by atoms with Crippen molar-refractivity contribution in [1.82, 2.24) is 20.6 Å². The third-order valence-corrected chi connectivity index (χ3v) is 0.633. The molecule has 0 saturated carbocycles. The second-order valence-corrected chi connectivity index (χ2v) is 1.42. The van der Waals surface area contributed by atoms with E-state index in [4.69, 9.17) is 0 Å². The number of anilines is 1. The van der Waals surface area contributed by atoms with E-state index >= 15 is 0 Å². The van der Waals surface area contributed by atoms with Crippen molar-refractivity contribution >= 4 is 11.9 Å². The molecule has 0 unspecified atom stereocenters. The summed E-state index contributed by atoms with van der Waals surface area (Å²) in [5, 5.41) is 14.7. The molecule has 0 fully saturated rings. The van der Waals surface area contributed by atoms with Gasteiger partial charge in [-0.05, 0) is 5.21 Å². The van der Waals surface area contributed by atoms with Crippen LogP contribution in [0.25, 0.3) is 0 Å². The maximum atomic E-state index is 10.3. The van der Waals surface area contributed by atoms with Gasteiger partial charge in [0.05, 0.1) is 0 Å². The number of aromatic nitrogens is 4. The van der Waals surface area contributed by atoms with E-state index in [9.17, 15) is 4.79 Å². The molecule has 1 amide bonds. The van der Waals surface area contributed by atoms with Crippen LogP contribution in [0.3, 0.4) is 0 Å². The van der Waals surface area contributed by atoms with E-state index in [1.807, 2.05) is 13.8 Å². The smallest absolute Gasteiger partial charge is 0.269 e. The van der Waals surface area contributed by atoms with Crippen LogP contribution in [0.2, 0.25) is 0 Å². The third-order valence-electron chi connectivity index (χ3n) is 0.633. The van der Waals surface area contributed by atoms with Crippen molar-refractivity contribution in [2.24, 2.45) is 0 Å². The Kier molecular flexibility index (Phi) is 4.63. The number of tetrazole rings is 1. The number of H-pyrrole nitrogens is 1. The molecular weight excluding hydrogens is 146 g/mol. The van der Waals surface area contributed by atoms with E-state index in [0.29, 0.717) is 0 Å². The number of aromatic amines is 1. The second-order valence-electron chi connectivity index (χ2n) is 1.42. The van der Waals surface area contributed by atoms with Gasteiger partial charge in [-0.25, -0.2) is 0 Å². The van der Waals surface area contributed by atoms with Crippen LogP contribution in [0.5, 0.6) is 0 Å². The number of nitrogens with zero attached hydrogens (tertiary/aromatic N) is 3. The Morgan fingerprint density at radius 3 is 2.55 bits per heavy atom. The Morgan fingerprint density at radius 2 is 2.18 bits per heavy atom. The first-order valence-electron chi connectivity index (χ1n) is 3.30. The molecule has 1 rings (SSSR count). The van der Waals surface area contributed by atoms with Crippen molar-refractivity contribution in [3.05, 3.63) is 0 Å². The average Bonchev–Trinajstić information content (AvgIpc) is 2.43. The number of hydrogen-bond donors (Lipinski definition) is 2. The molecule has 6 nitrogen and oxygen atoms in total. The largest absolute Gasteiger partial charge is 0.292 e. The van der Waals surface area contributed by atoms with Crippen molar-refractivity contribution in [1.29, 1.82) is 0 Å². The lowest BCUT2D eigenvalue weighted by Crippen LogP contribution is -2.06. The van der Waals surface area contributed by atoms with Crippen molar-refractivity contribution in [3.8, 4) is 0 Å². The molecule has 0 aliphatic carbocycles. The molecule has 1 aromatic heterocycles. The van der Waals surface area contributed by atoms with Crippen molar-refractivity contribution in [2.75, 3.05) is 5.32 Å². The minimum atomic E-state index is -0.212. The first-order chi connectivity index (χ1) is 5.29. The van der Waals surface area contributed by atoms with Crippen LogP contribution >= 0.6 is 0 Å². The molecule has 0 spiro atoms. The van der Waals surface area contributed by atoms with Gasteiger partial charge in [0.1, 0.15) is 0 Å². The van der Waals surface area contributed by atoms with Gasteiger partial charge in [-0.3, -0.25) is 10.1 Å². The minimum Gasteiger partial charge on any atom is -0.292 e. The van der Waals surface area contributed by atoms with Gasteiger partial charge in [-0.1, -0.05) is 18.9 Å². The van der Waals surface area contributed by atoms with Gasteiger partial charge < -0.3 is 0 Å². The van der Waals surface area contributed by atoms with Crippen LogP contribution in [0.1, 0.15) is 20.8 Å². The third kappa shape index (κ3) is 4.01. The van der Waals surface area contributed by atoms with Crippen molar-refractivity contribution in [3.63, 3.8) is 0 Å². The Labute approximate surface area is 64.4 Å². The minimum absolute atomic E-state index is 0.197. The molecular formula is C5H11N5O. The maximum absolute atomic E-state index is 10.3. The van der Waals surface area contributed by atoms with Gasteiger partial charge in [0.25, 0.3) is 5.95 Å². The summed E-state index contributed by atoms with van der Waals surface area (Å²) in [7, 11) is 0. The number of hydrogen-bond acceptors (Lipinski definition) is 4. The summed E-state index contributed by atoms with van der Waals surface area (Å²) >= 11 is 0. The van der Waals surface area contributed by atoms with Crippen LogP contribution in [-0.4, -0.2) is 26.5 Å². The van der Waals surface area contributed by atoms with Crippen molar-refractivity contribution < 1.29 is 4.79 Å². The summed E-state index contributed by atoms with van der Waals surface area (Å²) in [5.74, 6) is -0.0149. The fraction of sp³-hybridized carbons (Fsp3) is 0.600. The summed E-state index contributed by atoms with van der Waals surface area (Å²) < 4.78 is 0. The lowest BCUT2D eigenvalue weighted by Gasteiger charge is -1.88. The Morgan fingerprint density at radius 1 is 1.55 bits per heavy atom. The zero-order chi connectivity index (χ0) is 8.69. The molecule has 62 valence electrons. The van der Waals surface area contributed by atoms with Crippen LogP contribution in [0.15, 0.2) is 0 Å². The molecule has 0 aliphatic heterocycles. The van der Waals surface area contributed by atoms with Gasteiger partial charge in [0.15, 0.2) is 0 Å². The van der Waals surface area contributed by atoms with E-state index in [2.05, 4.69) is 25.9 Å². The summed E-state index contributed by atoms with van der Waals surface area (Å²) in [6, 6.07) is 0. The van der Waals surface area contributed by atoms with Crippen molar-refractivity contribution in [2.45, 2.75) is 20.8 Å². The topological polar surface area (TPSA) is 83.6 Å². The Balaban J connectivity index is 0.000000461. The number of amides is 1.